The Labute approximate surface area is 127 Å². The summed E-state index contributed by atoms with van der Waals surface area (Å²) < 4.78 is 0. The minimum absolute atomic E-state index is 0.240. The van der Waals surface area contributed by atoms with Gasteiger partial charge in [0.15, 0.2) is 0 Å². The van der Waals surface area contributed by atoms with Gasteiger partial charge < -0.3 is 10.6 Å². The van der Waals surface area contributed by atoms with Crippen LogP contribution in [-0.4, -0.2) is 16.8 Å². The van der Waals surface area contributed by atoms with E-state index < -0.39 is 0 Å². The fourth-order valence-corrected chi connectivity index (χ4v) is 1.94. The van der Waals surface area contributed by atoms with Crippen molar-refractivity contribution >= 4 is 29.2 Å². The smallest absolute Gasteiger partial charge is 0.251 e. The monoisotopic (exact) mass is 303 g/mol. The molecule has 5 nitrogen and oxygen atoms in total. The van der Waals surface area contributed by atoms with Crippen molar-refractivity contribution < 1.29 is 9.59 Å². The Bertz CT molecular complexity index is 673. The van der Waals surface area contributed by atoms with Gasteiger partial charge in [-0.25, -0.2) is 4.98 Å². The van der Waals surface area contributed by atoms with Crippen molar-refractivity contribution in [3.05, 3.63) is 58.7 Å². The number of aromatic nitrogens is 1. The lowest BCUT2D eigenvalue weighted by Crippen LogP contribution is -2.23. The first-order chi connectivity index (χ1) is 10.1. The Morgan fingerprint density at radius 2 is 2.00 bits per heavy atom. The SMILES string of the molecule is CC(=O)Nc1cc(C(=O)NCc2ccccc2Cl)ccn1. The average molecular weight is 304 g/mol. The summed E-state index contributed by atoms with van der Waals surface area (Å²) >= 11 is 6.03. The van der Waals surface area contributed by atoms with Gasteiger partial charge in [-0.3, -0.25) is 9.59 Å². The molecule has 0 saturated heterocycles. The van der Waals surface area contributed by atoms with Gasteiger partial charge in [0.2, 0.25) is 5.91 Å². The van der Waals surface area contributed by atoms with Crippen molar-refractivity contribution in [2.24, 2.45) is 0 Å². The summed E-state index contributed by atoms with van der Waals surface area (Å²) in [7, 11) is 0. The third kappa shape index (κ3) is 4.29. The second kappa shape index (κ2) is 6.85. The summed E-state index contributed by atoms with van der Waals surface area (Å²) in [4.78, 5) is 27.0. The number of carbonyl (C=O) groups excluding carboxylic acids is 2. The molecule has 2 aromatic rings. The number of hydrogen-bond acceptors (Lipinski definition) is 3. The zero-order valence-corrected chi connectivity index (χ0v) is 12.1. The molecule has 0 aliphatic heterocycles. The molecule has 0 aliphatic carbocycles. The lowest BCUT2D eigenvalue weighted by molar-refractivity contribution is -0.114. The van der Waals surface area contributed by atoms with E-state index in [1.165, 1.54) is 19.2 Å². The van der Waals surface area contributed by atoms with Gasteiger partial charge in [0.1, 0.15) is 5.82 Å². The van der Waals surface area contributed by atoms with E-state index in [1.54, 1.807) is 12.1 Å². The molecule has 2 rings (SSSR count). The molecule has 0 saturated carbocycles. The van der Waals surface area contributed by atoms with E-state index in [-0.39, 0.29) is 11.8 Å². The molecule has 2 amide bonds. The van der Waals surface area contributed by atoms with E-state index in [0.717, 1.165) is 5.56 Å². The molecule has 0 fully saturated rings. The van der Waals surface area contributed by atoms with E-state index >= 15 is 0 Å². The molecule has 0 spiro atoms. The molecule has 0 aliphatic rings. The Hall–Kier alpha value is -2.40. The fourth-order valence-electron chi connectivity index (χ4n) is 1.74. The van der Waals surface area contributed by atoms with Crippen molar-refractivity contribution in [1.29, 1.82) is 0 Å². The number of rotatable bonds is 4. The van der Waals surface area contributed by atoms with Gasteiger partial charge in [-0.1, -0.05) is 29.8 Å². The molecule has 0 unspecified atom stereocenters. The summed E-state index contributed by atoms with van der Waals surface area (Å²) in [5, 5.41) is 5.91. The molecule has 0 radical (unpaired) electrons. The predicted molar refractivity (Wildman–Crippen MR) is 81.2 cm³/mol. The maximum absolute atomic E-state index is 12.1. The van der Waals surface area contributed by atoms with Crippen LogP contribution >= 0.6 is 11.6 Å². The van der Waals surface area contributed by atoms with E-state index in [4.69, 9.17) is 11.6 Å². The molecule has 1 aromatic heterocycles. The highest BCUT2D eigenvalue weighted by molar-refractivity contribution is 6.31. The Kier molecular flexibility index (Phi) is 4.90. The van der Waals surface area contributed by atoms with Crippen molar-refractivity contribution in [2.75, 3.05) is 5.32 Å². The van der Waals surface area contributed by atoms with E-state index in [1.807, 2.05) is 18.2 Å². The van der Waals surface area contributed by atoms with Gasteiger partial charge in [-0.2, -0.15) is 0 Å². The van der Waals surface area contributed by atoms with Crippen LogP contribution in [0, 0.1) is 0 Å². The number of nitrogens with one attached hydrogen (secondary N) is 2. The van der Waals surface area contributed by atoms with Crippen molar-refractivity contribution in [3.8, 4) is 0 Å². The lowest BCUT2D eigenvalue weighted by Gasteiger charge is -2.08. The van der Waals surface area contributed by atoms with Gasteiger partial charge in [0.05, 0.1) is 0 Å². The van der Waals surface area contributed by atoms with Crippen LogP contribution in [0.15, 0.2) is 42.6 Å². The first-order valence-corrected chi connectivity index (χ1v) is 6.69. The number of carbonyl (C=O) groups is 2. The van der Waals surface area contributed by atoms with Gasteiger partial charge in [-0.15, -0.1) is 0 Å². The Balaban J connectivity index is 2.03. The Morgan fingerprint density at radius 3 is 2.71 bits per heavy atom. The number of benzene rings is 1. The highest BCUT2D eigenvalue weighted by Crippen LogP contribution is 2.14. The highest BCUT2D eigenvalue weighted by Gasteiger charge is 2.08. The topological polar surface area (TPSA) is 71.1 Å². The van der Waals surface area contributed by atoms with Gasteiger partial charge in [0.25, 0.3) is 5.91 Å². The van der Waals surface area contributed by atoms with Gasteiger partial charge >= 0.3 is 0 Å². The molecule has 6 heteroatoms. The molecule has 1 heterocycles. The quantitative estimate of drug-likeness (QED) is 0.912. The van der Waals surface area contributed by atoms with E-state index in [0.29, 0.717) is 22.9 Å². The molecule has 0 bridgehead atoms. The number of amides is 2. The molecule has 108 valence electrons. The number of halogens is 1. The summed E-state index contributed by atoms with van der Waals surface area (Å²) in [6.07, 6.45) is 1.47. The largest absolute Gasteiger partial charge is 0.348 e. The van der Waals surface area contributed by atoms with Crippen LogP contribution in [0.2, 0.25) is 5.02 Å². The first-order valence-electron chi connectivity index (χ1n) is 6.31. The fraction of sp³-hybridized carbons (Fsp3) is 0.133. The highest BCUT2D eigenvalue weighted by atomic mass is 35.5. The number of hydrogen-bond donors (Lipinski definition) is 2. The molecule has 0 atom stereocenters. The number of anilines is 1. The molecular weight excluding hydrogens is 290 g/mol. The summed E-state index contributed by atoms with van der Waals surface area (Å²) in [5.74, 6) is -0.159. The van der Waals surface area contributed by atoms with Crippen LogP contribution in [0.3, 0.4) is 0 Å². The van der Waals surface area contributed by atoms with Crippen LogP contribution in [0.5, 0.6) is 0 Å². The van der Waals surface area contributed by atoms with Crippen LogP contribution in [0.1, 0.15) is 22.8 Å². The van der Waals surface area contributed by atoms with E-state index in [9.17, 15) is 9.59 Å². The van der Waals surface area contributed by atoms with Gasteiger partial charge in [0, 0.05) is 30.3 Å². The zero-order chi connectivity index (χ0) is 15.2. The van der Waals surface area contributed by atoms with Crippen molar-refractivity contribution in [1.82, 2.24) is 10.3 Å². The normalized spacial score (nSPS) is 10.0. The summed E-state index contributed by atoms with van der Waals surface area (Å²) in [5.41, 5.74) is 1.25. The zero-order valence-electron chi connectivity index (χ0n) is 11.4. The molecule has 1 aromatic carbocycles. The third-order valence-corrected chi connectivity index (χ3v) is 3.09. The number of nitrogens with zero attached hydrogens (tertiary/aromatic N) is 1. The van der Waals surface area contributed by atoms with Crippen LogP contribution in [0.25, 0.3) is 0 Å². The Morgan fingerprint density at radius 1 is 1.24 bits per heavy atom. The van der Waals surface area contributed by atoms with Crippen LogP contribution in [0.4, 0.5) is 5.82 Å². The predicted octanol–water partition coefficient (Wildman–Crippen LogP) is 2.62. The molecular formula is C15H14ClN3O2. The van der Waals surface area contributed by atoms with Crippen molar-refractivity contribution in [3.63, 3.8) is 0 Å². The van der Waals surface area contributed by atoms with E-state index in [2.05, 4.69) is 15.6 Å². The minimum Gasteiger partial charge on any atom is -0.348 e. The molecule has 2 N–H and O–H groups in total. The maximum Gasteiger partial charge on any atom is 0.251 e. The first kappa shape index (κ1) is 15.0. The van der Waals surface area contributed by atoms with Crippen LogP contribution in [-0.2, 0) is 11.3 Å². The number of pyridine rings is 1. The standard InChI is InChI=1S/C15H14ClN3O2/c1-10(20)19-14-8-11(6-7-17-14)15(21)18-9-12-4-2-3-5-13(12)16/h2-8H,9H2,1H3,(H,18,21)(H,17,19,20). The van der Waals surface area contributed by atoms with Crippen LogP contribution < -0.4 is 10.6 Å². The van der Waals surface area contributed by atoms with Gasteiger partial charge in [-0.05, 0) is 23.8 Å². The third-order valence-electron chi connectivity index (χ3n) is 2.72. The summed E-state index contributed by atoms with van der Waals surface area (Å²) in [6.45, 7) is 1.71. The molecule has 21 heavy (non-hydrogen) atoms. The second-order valence-electron chi connectivity index (χ2n) is 4.39. The average Bonchev–Trinajstić information content (AvgIpc) is 2.45. The van der Waals surface area contributed by atoms with Crippen molar-refractivity contribution in [2.45, 2.75) is 13.5 Å². The lowest BCUT2D eigenvalue weighted by atomic mass is 10.2. The summed E-state index contributed by atoms with van der Waals surface area (Å²) in [6, 6.07) is 10.4. The second-order valence-corrected chi connectivity index (χ2v) is 4.79. The minimum atomic E-state index is -0.260. The maximum atomic E-state index is 12.1.